The smallest absolute Gasteiger partial charge is 0.278 e. The summed E-state index contributed by atoms with van der Waals surface area (Å²) in [4.78, 5) is 26.4. The molecule has 232 valence electrons. The lowest BCUT2D eigenvalue weighted by atomic mass is 9.82. The van der Waals surface area contributed by atoms with E-state index in [1.165, 1.54) is 18.4 Å². The molecule has 44 heavy (non-hydrogen) atoms. The Bertz CT molecular complexity index is 1760. The third-order valence-corrected chi connectivity index (χ3v) is 10.1. The lowest BCUT2D eigenvalue weighted by Gasteiger charge is -2.32. The summed E-state index contributed by atoms with van der Waals surface area (Å²) in [6, 6.07) is 9.68. The van der Waals surface area contributed by atoms with Gasteiger partial charge in [-0.25, -0.2) is 4.68 Å². The first-order chi connectivity index (χ1) is 23.7. The maximum absolute atomic E-state index is 13.9. The molecule has 2 fully saturated rings. The minimum absolute atomic E-state index is 0.297. The molecular formula is C36H46N6O2. The van der Waals surface area contributed by atoms with Gasteiger partial charge in [0.05, 0.1) is 24.1 Å². The van der Waals surface area contributed by atoms with Crippen LogP contribution in [0, 0.1) is 24.7 Å². The van der Waals surface area contributed by atoms with E-state index in [1.807, 2.05) is 14.0 Å². The highest BCUT2D eigenvalue weighted by molar-refractivity contribution is 6.12. The predicted molar refractivity (Wildman–Crippen MR) is 175 cm³/mol. The Morgan fingerprint density at radius 2 is 1.89 bits per heavy atom. The number of carbonyl (C=O) groups excluding carboxylic acids is 1. The number of rotatable bonds is 4. The van der Waals surface area contributed by atoms with Crippen LogP contribution in [0.15, 0.2) is 41.5 Å². The number of carbonyl (C=O) groups is 1. The second-order valence-electron chi connectivity index (χ2n) is 13.3. The molecule has 3 aromatic rings. The van der Waals surface area contributed by atoms with Crippen molar-refractivity contribution in [3.63, 3.8) is 0 Å². The van der Waals surface area contributed by atoms with E-state index in [4.69, 9.17) is 22.9 Å². The zero-order chi connectivity index (χ0) is 35.4. The fourth-order valence-electron chi connectivity index (χ4n) is 7.50. The number of aryl methyl sites for hydroxylation is 2. The van der Waals surface area contributed by atoms with Gasteiger partial charge in [0, 0.05) is 51.2 Å². The second kappa shape index (κ2) is 12.1. The molecule has 8 heteroatoms. The molecule has 0 saturated heterocycles. The Balaban J connectivity index is 1.14. The molecule has 2 saturated carbocycles. The number of amides is 1. The van der Waals surface area contributed by atoms with E-state index in [2.05, 4.69) is 28.2 Å². The maximum Gasteiger partial charge on any atom is 0.278 e. The SMILES string of the molecule is [2H]C([2H])([2H])N(C1CCC(Cc2ccc3c(c2)CC2=NC(=O)c4cc(C)nc(c4)-c4cnn(C)c4OCCC[C@@H](C4CC4)CN23)CC1)C([2H])([2H])[2H]. The van der Waals surface area contributed by atoms with E-state index in [0.717, 1.165) is 66.2 Å². The third kappa shape index (κ3) is 6.06. The van der Waals surface area contributed by atoms with Gasteiger partial charge in [0.15, 0.2) is 0 Å². The summed E-state index contributed by atoms with van der Waals surface area (Å²) in [5, 5.41) is 4.42. The van der Waals surface area contributed by atoms with Crippen molar-refractivity contribution in [1.82, 2.24) is 19.7 Å². The number of fused-ring (bicyclic) bond motifs is 7. The van der Waals surface area contributed by atoms with Gasteiger partial charge in [-0.2, -0.15) is 10.1 Å². The number of ether oxygens (including phenoxy) is 1. The standard InChI is InChI=1S/C36H46N6O2/c1-23-16-29-19-32(38-23)31-21-37-41(4)36(31)44-15-5-6-27(26-10-11-26)22-42-33-14-9-25(18-28(33)20-34(42)39-35(29)43)17-24-7-12-30(13-8-24)40(2)3/h9,14,16,18-19,21,24,26-27,30H,5-8,10-13,15,17,20,22H2,1-4H3/t24?,27-,30?/m1/s1/i2D3,3D3. The molecule has 0 N–H and O–H groups in total. The summed E-state index contributed by atoms with van der Waals surface area (Å²) in [5.74, 6) is 2.57. The summed E-state index contributed by atoms with van der Waals surface area (Å²) in [5.41, 5.74) is 6.05. The quantitative estimate of drug-likeness (QED) is 0.352. The molecule has 2 aliphatic heterocycles. The summed E-state index contributed by atoms with van der Waals surface area (Å²) >= 11 is 0. The number of pyridine rings is 1. The number of hydrogen-bond acceptors (Lipinski definition) is 6. The molecule has 2 aromatic heterocycles. The number of amidine groups is 1. The molecular weight excluding hydrogens is 548 g/mol. The molecule has 1 amide bonds. The van der Waals surface area contributed by atoms with E-state index in [-0.39, 0.29) is 5.91 Å². The molecule has 7 rings (SSSR count). The van der Waals surface area contributed by atoms with E-state index < -0.39 is 20.0 Å². The van der Waals surface area contributed by atoms with Crippen molar-refractivity contribution in [3.8, 4) is 17.1 Å². The van der Waals surface area contributed by atoms with Crippen LogP contribution in [0.3, 0.4) is 0 Å². The van der Waals surface area contributed by atoms with Gasteiger partial charge in [-0.1, -0.05) is 12.1 Å². The number of aliphatic imine (C=N–C) groups is 1. The molecule has 1 atom stereocenters. The van der Waals surface area contributed by atoms with Crippen LogP contribution in [0.2, 0.25) is 0 Å². The summed E-state index contributed by atoms with van der Waals surface area (Å²) < 4.78 is 54.9. The number of hydrogen-bond donors (Lipinski definition) is 0. The van der Waals surface area contributed by atoms with Crippen LogP contribution in [0.4, 0.5) is 5.69 Å². The van der Waals surface area contributed by atoms with Crippen LogP contribution >= 0.6 is 0 Å². The normalized spacial score (nSPS) is 26.7. The Morgan fingerprint density at radius 3 is 2.68 bits per heavy atom. The Labute approximate surface area is 269 Å². The van der Waals surface area contributed by atoms with Crippen molar-refractivity contribution in [2.45, 2.75) is 77.2 Å². The van der Waals surface area contributed by atoms with Gasteiger partial charge in [-0.3, -0.25) is 9.78 Å². The Kier molecular flexibility index (Phi) is 6.30. The molecule has 2 aliphatic carbocycles. The molecule has 4 heterocycles. The average Bonchev–Trinajstić information content (AvgIpc) is 3.74. The van der Waals surface area contributed by atoms with Crippen molar-refractivity contribution < 1.29 is 17.8 Å². The summed E-state index contributed by atoms with van der Waals surface area (Å²) in [7, 11) is 1.86. The van der Waals surface area contributed by atoms with Crippen LogP contribution in [-0.4, -0.2) is 64.6 Å². The number of benzene rings is 1. The summed E-state index contributed by atoms with van der Waals surface area (Å²) in [6.07, 6.45) is 10.2. The van der Waals surface area contributed by atoms with Gasteiger partial charge in [-0.05, 0) is 126 Å². The van der Waals surface area contributed by atoms with Gasteiger partial charge < -0.3 is 14.5 Å². The first-order valence-electron chi connectivity index (χ1n) is 19.2. The van der Waals surface area contributed by atoms with Crippen molar-refractivity contribution in [2.75, 3.05) is 32.0 Å². The van der Waals surface area contributed by atoms with Crippen LogP contribution in [-0.2, 0) is 19.9 Å². The fraction of sp³-hybridized carbons (Fsp3) is 0.556. The summed E-state index contributed by atoms with van der Waals surface area (Å²) in [6.45, 7) is -2.06. The lowest BCUT2D eigenvalue weighted by molar-refractivity contribution is 0.100. The van der Waals surface area contributed by atoms with Crippen molar-refractivity contribution in [2.24, 2.45) is 29.8 Å². The van der Waals surface area contributed by atoms with E-state index >= 15 is 0 Å². The van der Waals surface area contributed by atoms with E-state index in [0.29, 0.717) is 66.5 Å². The molecule has 0 unspecified atom stereocenters. The zero-order valence-electron chi connectivity index (χ0n) is 31.8. The average molecular weight is 601 g/mol. The molecule has 4 aliphatic rings. The van der Waals surface area contributed by atoms with Gasteiger partial charge >= 0.3 is 0 Å². The highest BCUT2D eigenvalue weighted by atomic mass is 16.5. The number of nitrogens with zero attached hydrogens (tertiary/aromatic N) is 6. The van der Waals surface area contributed by atoms with E-state index in [9.17, 15) is 4.79 Å². The maximum atomic E-state index is 13.9. The molecule has 1 aromatic carbocycles. The highest BCUT2D eigenvalue weighted by Crippen LogP contribution is 2.42. The lowest BCUT2D eigenvalue weighted by Crippen LogP contribution is -2.34. The van der Waals surface area contributed by atoms with Crippen LogP contribution in [0.25, 0.3) is 11.3 Å². The number of aromatic nitrogens is 3. The Hall–Kier alpha value is -3.52. The van der Waals surface area contributed by atoms with Gasteiger partial charge in [-0.15, -0.1) is 0 Å². The molecule has 0 radical (unpaired) electrons. The number of anilines is 1. The van der Waals surface area contributed by atoms with Gasteiger partial charge in [0.2, 0.25) is 5.88 Å². The van der Waals surface area contributed by atoms with Gasteiger partial charge in [0.25, 0.3) is 5.91 Å². The minimum Gasteiger partial charge on any atom is -0.477 e. The van der Waals surface area contributed by atoms with E-state index in [1.54, 1.807) is 23.0 Å². The van der Waals surface area contributed by atoms with Crippen molar-refractivity contribution in [3.05, 3.63) is 58.9 Å². The third-order valence-electron chi connectivity index (χ3n) is 10.1. The molecule has 0 spiro atoms. The van der Waals surface area contributed by atoms with Crippen molar-refractivity contribution in [1.29, 1.82) is 0 Å². The molecule has 8 nitrogen and oxygen atoms in total. The monoisotopic (exact) mass is 600 g/mol. The topological polar surface area (TPSA) is 75.8 Å². The van der Waals surface area contributed by atoms with Crippen LogP contribution < -0.4 is 9.64 Å². The Morgan fingerprint density at radius 1 is 1.05 bits per heavy atom. The minimum atomic E-state index is -2.65. The largest absolute Gasteiger partial charge is 0.477 e. The predicted octanol–water partition coefficient (Wildman–Crippen LogP) is 6.25. The van der Waals surface area contributed by atoms with Crippen molar-refractivity contribution >= 4 is 17.4 Å². The van der Waals surface area contributed by atoms with Crippen LogP contribution in [0.1, 0.15) is 86.8 Å². The molecule has 2 bridgehead atoms. The zero-order valence-corrected chi connectivity index (χ0v) is 25.8. The van der Waals surface area contributed by atoms with Crippen LogP contribution in [0.5, 0.6) is 5.88 Å². The highest BCUT2D eigenvalue weighted by Gasteiger charge is 2.36. The second-order valence-corrected chi connectivity index (χ2v) is 13.3. The van der Waals surface area contributed by atoms with Gasteiger partial charge in [0.1, 0.15) is 5.84 Å². The first-order valence-corrected chi connectivity index (χ1v) is 16.2. The first kappa shape index (κ1) is 22.9. The fourth-order valence-corrected chi connectivity index (χ4v) is 7.50.